The van der Waals surface area contributed by atoms with E-state index in [-0.39, 0.29) is 24.2 Å². The van der Waals surface area contributed by atoms with Crippen LogP contribution in [0.15, 0.2) is 18.3 Å². The molecule has 0 radical (unpaired) electrons. The molecule has 3 rings (SSSR count). The molecular formula is C17H24N4O4. The van der Waals surface area contributed by atoms with Crippen LogP contribution in [0.25, 0.3) is 0 Å². The number of hydrogen-bond acceptors (Lipinski definition) is 6. The first-order chi connectivity index (χ1) is 12.2. The first-order valence-electron chi connectivity index (χ1n) is 8.54. The molecule has 0 saturated carbocycles. The zero-order valence-corrected chi connectivity index (χ0v) is 14.4. The highest BCUT2D eigenvalue weighted by atomic mass is 16.5. The second kappa shape index (κ2) is 8.26. The van der Waals surface area contributed by atoms with Crippen molar-refractivity contribution < 1.29 is 19.1 Å². The number of amides is 2. The molecule has 1 atom stereocenters. The Morgan fingerprint density at radius 1 is 1.36 bits per heavy atom. The number of nitrogens with zero attached hydrogens (tertiary/aromatic N) is 3. The number of rotatable bonds is 6. The molecule has 2 saturated heterocycles. The van der Waals surface area contributed by atoms with Gasteiger partial charge < -0.3 is 19.7 Å². The van der Waals surface area contributed by atoms with E-state index in [1.807, 2.05) is 0 Å². The van der Waals surface area contributed by atoms with E-state index in [2.05, 4.69) is 15.2 Å². The van der Waals surface area contributed by atoms with E-state index in [1.54, 1.807) is 23.2 Å². The van der Waals surface area contributed by atoms with Crippen LogP contribution in [0.3, 0.4) is 0 Å². The van der Waals surface area contributed by atoms with Crippen LogP contribution < -0.4 is 10.1 Å². The van der Waals surface area contributed by atoms with Crippen LogP contribution >= 0.6 is 0 Å². The third kappa shape index (κ3) is 4.67. The van der Waals surface area contributed by atoms with Gasteiger partial charge >= 0.3 is 0 Å². The Kier molecular flexibility index (Phi) is 5.83. The number of morpholine rings is 1. The number of methoxy groups -OCH3 is 1. The molecule has 1 aromatic rings. The highest BCUT2D eigenvalue weighted by Crippen LogP contribution is 2.20. The number of carbonyl (C=O) groups is 2. The number of nitrogens with one attached hydrogen (secondary N) is 1. The fourth-order valence-electron chi connectivity index (χ4n) is 3.07. The third-order valence-corrected chi connectivity index (χ3v) is 4.59. The predicted molar refractivity (Wildman–Crippen MR) is 91.4 cm³/mol. The Labute approximate surface area is 147 Å². The van der Waals surface area contributed by atoms with Crippen LogP contribution in [0, 0.1) is 5.92 Å². The summed E-state index contributed by atoms with van der Waals surface area (Å²) < 4.78 is 10.3. The Balaban J connectivity index is 1.47. The average Bonchev–Trinajstić information content (AvgIpc) is 3.02. The van der Waals surface area contributed by atoms with Crippen molar-refractivity contribution in [3.63, 3.8) is 0 Å². The maximum Gasteiger partial charge on any atom is 0.229 e. The topological polar surface area (TPSA) is 84.0 Å². The summed E-state index contributed by atoms with van der Waals surface area (Å²) in [6.07, 6.45) is 1.81. The molecule has 0 aliphatic carbocycles. The van der Waals surface area contributed by atoms with Gasteiger partial charge in [0, 0.05) is 45.2 Å². The molecule has 8 nitrogen and oxygen atoms in total. The standard InChI is InChI=1S/C17H24N4O4/c1-24-15-3-2-14(11-18-15)19-17(23)13-10-16(22)21(12-13)5-4-20-6-8-25-9-7-20/h2-3,11,13H,4-10,12H2,1H3,(H,19,23)/t13-/m0/s1. The van der Waals surface area contributed by atoms with Crippen LogP contribution in [-0.2, 0) is 14.3 Å². The third-order valence-electron chi connectivity index (χ3n) is 4.59. The first-order valence-corrected chi connectivity index (χ1v) is 8.54. The maximum absolute atomic E-state index is 12.4. The zero-order chi connectivity index (χ0) is 17.6. The summed E-state index contributed by atoms with van der Waals surface area (Å²) in [6, 6.07) is 3.42. The van der Waals surface area contributed by atoms with Crippen molar-refractivity contribution in [1.82, 2.24) is 14.8 Å². The summed E-state index contributed by atoms with van der Waals surface area (Å²) in [5, 5.41) is 2.82. The molecule has 0 bridgehead atoms. The molecule has 0 unspecified atom stereocenters. The number of likely N-dealkylation sites (tertiary alicyclic amines) is 1. The molecule has 2 fully saturated rings. The van der Waals surface area contributed by atoms with Crippen LogP contribution in [0.5, 0.6) is 5.88 Å². The summed E-state index contributed by atoms with van der Waals surface area (Å²) in [5.74, 6) is 0.0677. The molecule has 25 heavy (non-hydrogen) atoms. The normalized spacial score (nSPS) is 21.4. The molecule has 2 amide bonds. The molecular weight excluding hydrogens is 324 g/mol. The Morgan fingerprint density at radius 3 is 2.84 bits per heavy atom. The SMILES string of the molecule is COc1ccc(NC(=O)[C@H]2CC(=O)N(CCN3CCOCC3)C2)cn1. The van der Waals surface area contributed by atoms with Gasteiger partial charge in [-0.1, -0.05) is 0 Å². The zero-order valence-electron chi connectivity index (χ0n) is 14.4. The number of carbonyl (C=O) groups excluding carboxylic acids is 2. The van der Waals surface area contributed by atoms with Gasteiger partial charge in [-0.3, -0.25) is 14.5 Å². The van der Waals surface area contributed by atoms with Crippen molar-refractivity contribution in [2.24, 2.45) is 5.92 Å². The second-order valence-corrected chi connectivity index (χ2v) is 6.27. The minimum absolute atomic E-state index is 0.0428. The summed E-state index contributed by atoms with van der Waals surface area (Å²) in [5.41, 5.74) is 0.602. The molecule has 2 aliphatic rings. The van der Waals surface area contributed by atoms with Crippen molar-refractivity contribution in [3.8, 4) is 5.88 Å². The van der Waals surface area contributed by atoms with Crippen molar-refractivity contribution in [1.29, 1.82) is 0 Å². The number of hydrogen-bond donors (Lipinski definition) is 1. The van der Waals surface area contributed by atoms with Gasteiger partial charge in [0.1, 0.15) is 0 Å². The number of anilines is 1. The fourth-order valence-corrected chi connectivity index (χ4v) is 3.07. The van der Waals surface area contributed by atoms with Gasteiger partial charge in [0.2, 0.25) is 17.7 Å². The lowest BCUT2D eigenvalue weighted by molar-refractivity contribution is -0.128. The number of ether oxygens (including phenoxy) is 2. The Morgan fingerprint density at radius 2 is 2.16 bits per heavy atom. The number of aromatic nitrogens is 1. The lowest BCUT2D eigenvalue weighted by Gasteiger charge is -2.28. The van der Waals surface area contributed by atoms with E-state index in [4.69, 9.17) is 9.47 Å². The van der Waals surface area contributed by atoms with Gasteiger partial charge in [0.05, 0.1) is 38.1 Å². The van der Waals surface area contributed by atoms with Crippen LogP contribution in [-0.4, -0.2) is 79.6 Å². The Hall–Kier alpha value is -2.19. The fraction of sp³-hybridized carbons (Fsp3) is 0.588. The van der Waals surface area contributed by atoms with Crippen molar-refractivity contribution in [2.75, 3.05) is 58.4 Å². The molecule has 0 spiro atoms. The molecule has 1 aromatic heterocycles. The van der Waals surface area contributed by atoms with Crippen LogP contribution in [0.1, 0.15) is 6.42 Å². The first kappa shape index (κ1) is 17.6. The van der Waals surface area contributed by atoms with Crippen molar-refractivity contribution >= 4 is 17.5 Å². The summed E-state index contributed by atoms with van der Waals surface area (Å²) in [4.78, 5) is 32.7. The highest BCUT2D eigenvalue weighted by Gasteiger charge is 2.34. The van der Waals surface area contributed by atoms with E-state index >= 15 is 0 Å². The second-order valence-electron chi connectivity index (χ2n) is 6.27. The van der Waals surface area contributed by atoms with Gasteiger partial charge in [-0.25, -0.2) is 4.98 Å². The molecule has 1 N–H and O–H groups in total. The minimum Gasteiger partial charge on any atom is -0.481 e. The van der Waals surface area contributed by atoms with E-state index in [1.165, 1.54) is 7.11 Å². The minimum atomic E-state index is -0.320. The largest absolute Gasteiger partial charge is 0.481 e. The number of pyridine rings is 1. The van der Waals surface area contributed by atoms with E-state index in [9.17, 15) is 9.59 Å². The van der Waals surface area contributed by atoms with E-state index in [0.717, 1.165) is 32.8 Å². The average molecular weight is 348 g/mol. The molecule has 2 aliphatic heterocycles. The van der Waals surface area contributed by atoms with Crippen LogP contribution in [0.2, 0.25) is 0 Å². The summed E-state index contributed by atoms with van der Waals surface area (Å²) in [7, 11) is 1.54. The van der Waals surface area contributed by atoms with E-state index < -0.39 is 0 Å². The van der Waals surface area contributed by atoms with Crippen molar-refractivity contribution in [3.05, 3.63) is 18.3 Å². The van der Waals surface area contributed by atoms with Gasteiger partial charge in [-0.15, -0.1) is 0 Å². The predicted octanol–water partition coefficient (Wildman–Crippen LogP) is 0.209. The Bertz CT molecular complexity index is 601. The molecule has 8 heteroatoms. The maximum atomic E-state index is 12.4. The highest BCUT2D eigenvalue weighted by molar-refractivity contribution is 5.97. The van der Waals surface area contributed by atoms with Crippen LogP contribution in [0.4, 0.5) is 5.69 Å². The quantitative estimate of drug-likeness (QED) is 0.791. The monoisotopic (exact) mass is 348 g/mol. The molecule has 3 heterocycles. The smallest absolute Gasteiger partial charge is 0.229 e. The van der Waals surface area contributed by atoms with Gasteiger partial charge in [0.25, 0.3) is 0 Å². The molecule has 0 aromatic carbocycles. The van der Waals surface area contributed by atoms with E-state index in [0.29, 0.717) is 24.7 Å². The van der Waals surface area contributed by atoms with Gasteiger partial charge in [-0.05, 0) is 6.07 Å². The lowest BCUT2D eigenvalue weighted by Crippen LogP contribution is -2.42. The van der Waals surface area contributed by atoms with Gasteiger partial charge in [-0.2, -0.15) is 0 Å². The summed E-state index contributed by atoms with van der Waals surface area (Å²) in [6.45, 7) is 5.24. The van der Waals surface area contributed by atoms with Crippen molar-refractivity contribution in [2.45, 2.75) is 6.42 Å². The summed E-state index contributed by atoms with van der Waals surface area (Å²) >= 11 is 0. The molecule has 136 valence electrons. The lowest BCUT2D eigenvalue weighted by atomic mass is 10.1. The van der Waals surface area contributed by atoms with Gasteiger partial charge in [0.15, 0.2) is 0 Å².